The van der Waals surface area contributed by atoms with Gasteiger partial charge in [0.15, 0.2) is 0 Å². The van der Waals surface area contributed by atoms with Crippen molar-refractivity contribution in [3.05, 3.63) is 0 Å². The molecule has 3 N–H and O–H groups in total. The normalized spacial score (nSPS) is 17.0. The molecule has 1 aliphatic rings. The van der Waals surface area contributed by atoms with Crippen LogP contribution in [0, 0.1) is 5.92 Å². The molecule has 1 unspecified atom stereocenters. The van der Waals surface area contributed by atoms with Gasteiger partial charge in [-0.3, -0.25) is 4.79 Å². The first kappa shape index (κ1) is 13.8. The van der Waals surface area contributed by atoms with Gasteiger partial charge in [0.2, 0.25) is 0 Å². The van der Waals surface area contributed by atoms with Gasteiger partial charge in [-0.15, -0.1) is 0 Å². The molecule has 0 bridgehead atoms. The number of amides is 2. The molecule has 17 heavy (non-hydrogen) atoms. The van der Waals surface area contributed by atoms with Crippen molar-refractivity contribution >= 4 is 12.0 Å². The molecule has 1 saturated carbocycles. The van der Waals surface area contributed by atoms with E-state index in [1.165, 1.54) is 6.42 Å². The molecule has 1 rings (SSSR count). The third-order valence-corrected chi connectivity index (χ3v) is 3.21. The number of nitrogens with one attached hydrogen (secondary N) is 2. The topological polar surface area (TPSA) is 78.4 Å². The zero-order valence-corrected chi connectivity index (χ0v) is 10.4. The summed E-state index contributed by atoms with van der Waals surface area (Å²) in [6, 6.07) is 0.263. The molecule has 0 aliphatic heterocycles. The van der Waals surface area contributed by atoms with Gasteiger partial charge < -0.3 is 15.7 Å². The molecule has 0 radical (unpaired) electrons. The Morgan fingerprint density at radius 1 is 1.35 bits per heavy atom. The second-order valence-electron chi connectivity index (χ2n) is 4.85. The SMILES string of the molecule is CC(CCNC(=O)NC1CCC1)CCC(=O)O. The zero-order valence-electron chi connectivity index (χ0n) is 10.4. The number of hydrogen-bond acceptors (Lipinski definition) is 2. The molecule has 5 heteroatoms. The standard InChI is InChI=1S/C12H22N2O3/c1-9(5-6-11(15)16)7-8-13-12(17)14-10-3-2-4-10/h9-10H,2-8H2,1H3,(H,15,16)(H2,13,14,17). The third kappa shape index (κ3) is 6.14. The maximum absolute atomic E-state index is 11.4. The number of hydrogen-bond donors (Lipinski definition) is 3. The summed E-state index contributed by atoms with van der Waals surface area (Å²) < 4.78 is 0. The van der Waals surface area contributed by atoms with Gasteiger partial charge in [0.25, 0.3) is 0 Å². The van der Waals surface area contributed by atoms with E-state index >= 15 is 0 Å². The van der Waals surface area contributed by atoms with Crippen LogP contribution in [0.3, 0.4) is 0 Å². The Kier molecular flexibility index (Phi) is 5.80. The van der Waals surface area contributed by atoms with Crippen LogP contribution >= 0.6 is 0 Å². The molecule has 98 valence electrons. The Labute approximate surface area is 102 Å². The number of carboxylic acids is 1. The van der Waals surface area contributed by atoms with Crippen LogP contribution in [0.2, 0.25) is 0 Å². The highest BCUT2D eigenvalue weighted by molar-refractivity contribution is 5.74. The fourth-order valence-electron chi connectivity index (χ4n) is 1.74. The number of carboxylic acid groups (broad SMARTS) is 1. The monoisotopic (exact) mass is 242 g/mol. The van der Waals surface area contributed by atoms with Crippen molar-refractivity contribution in [3.63, 3.8) is 0 Å². The number of carbonyl (C=O) groups excluding carboxylic acids is 1. The average molecular weight is 242 g/mol. The van der Waals surface area contributed by atoms with E-state index < -0.39 is 5.97 Å². The highest BCUT2D eigenvalue weighted by Crippen LogP contribution is 2.17. The predicted molar refractivity (Wildman–Crippen MR) is 64.8 cm³/mol. The molecule has 0 aromatic carbocycles. The molecule has 0 aromatic rings. The summed E-state index contributed by atoms with van der Waals surface area (Å²) in [5, 5.41) is 14.2. The highest BCUT2D eigenvalue weighted by Gasteiger charge is 2.18. The minimum absolute atomic E-state index is 0.0971. The van der Waals surface area contributed by atoms with Crippen LogP contribution in [0.15, 0.2) is 0 Å². The third-order valence-electron chi connectivity index (χ3n) is 3.21. The molecule has 5 nitrogen and oxygen atoms in total. The number of carbonyl (C=O) groups is 2. The first-order valence-electron chi connectivity index (χ1n) is 6.34. The molecular weight excluding hydrogens is 220 g/mol. The van der Waals surface area contributed by atoms with Gasteiger partial charge in [0, 0.05) is 19.0 Å². The Morgan fingerprint density at radius 3 is 2.59 bits per heavy atom. The van der Waals surface area contributed by atoms with Crippen LogP contribution in [0.5, 0.6) is 0 Å². The van der Waals surface area contributed by atoms with E-state index in [-0.39, 0.29) is 12.5 Å². The Balaban J connectivity index is 1.97. The van der Waals surface area contributed by atoms with Crippen molar-refractivity contribution in [1.29, 1.82) is 0 Å². The van der Waals surface area contributed by atoms with E-state index in [9.17, 15) is 9.59 Å². The predicted octanol–water partition coefficient (Wildman–Crippen LogP) is 1.73. The van der Waals surface area contributed by atoms with Crippen LogP contribution < -0.4 is 10.6 Å². The van der Waals surface area contributed by atoms with Crippen molar-refractivity contribution in [2.75, 3.05) is 6.54 Å². The molecular formula is C12H22N2O3. The molecule has 1 atom stereocenters. The summed E-state index contributed by atoms with van der Waals surface area (Å²) in [5.74, 6) is -0.428. The number of urea groups is 1. The van der Waals surface area contributed by atoms with Gasteiger partial charge in [-0.2, -0.15) is 0 Å². The smallest absolute Gasteiger partial charge is 0.315 e. The first-order chi connectivity index (χ1) is 8.08. The molecule has 0 spiro atoms. The second kappa shape index (κ2) is 7.14. The van der Waals surface area contributed by atoms with Gasteiger partial charge >= 0.3 is 12.0 Å². The van der Waals surface area contributed by atoms with Gasteiger partial charge in [0.05, 0.1) is 0 Å². The largest absolute Gasteiger partial charge is 0.481 e. The van der Waals surface area contributed by atoms with Crippen LogP contribution in [0.1, 0.15) is 45.4 Å². The summed E-state index contributed by atoms with van der Waals surface area (Å²) in [6.45, 7) is 2.62. The zero-order chi connectivity index (χ0) is 12.7. The minimum atomic E-state index is -0.757. The fraction of sp³-hybridized carbons (Fsp3) is 0.833. The van der Waals surface area contributed by atoms with E-state index in [1.54, 1.807) is 0 Å². The van der Waals surface area contributed by atoms with Crippen molar-refractivity contribution in [3.8, 4) is 0 Å². The quantitative estimate of drug-likeness (QED) is 0.636. The summed E-state index contributed by atoms with van der Waals surface area (Å²) in [7, 11) is 0. The Bertz CT molecular complexity index is 264. The Hall–Kier alpha value is -1.26. The van der Waals surface area contributed by atoms with Crippen LogP contribution in [0.25, 0.3) is 0 Å². The van der Waals surface area contributed by atoms with E-state index in [1.807, 2.05) is 6.92 Å². The van der Waals surface area contributed by atoms with Crippen molar-refractivity contribution < 1.29 is 14.7 Å². The second-order valence-corrected chi connectivity index (χ2v) is 4.85. The van der Waals surface area contributed by atoms with Crippen LogP contribution in [0.4, 0.5) is 4.79 Å². The first-order valence-corrected chi connectivity index (χ1v) is 6.34. The van der Waals surface area contributed by atoms with E-state index in [0.29, 0.717) is 24.9 Å². The number of aliphatic carboxylic acids is 1. The van der Waals surface area contributed by atoms with Gasteiger partial charge in [-0.05, 0) is 38.0 Å². The molecule has 0 heterocycles. The van der Waals surface area contributed by atoms with Crippen LogP contribution in [-0.2, 0) is 4.79 Å². The molecule has 0 saturated heterocycles. The maximum atomic E-state index is 11.4. The summed E-state index contributed by atoms with van der Waals surface area (Å²) in [4.78, 5) is 21.7. The molecule has 0 aromatic heterocycles. The minimum Gasteiger partial charge on any atom is -0.481 e. The average Bonchev–Trinajstić information content (AvgIpc) is 2.20. The summed E-state index contributed by atoms with van der Waals surface area (Å²) in [6.07, 6.45) is 5.07. The lowest BCUT2D eigenvalue weighted by molar-refractivity contribution is -0.137. The van der Waals surface area contributed by atoms with E-state index in [2.05, 4.69) is 10.6 Å². The van der Waals surface area contributed by atoms with Gasteiger partial charge in [-0.1, -0.05) is 6.92 Å². The summed E-state index contributed by atoms with van der Waals surface area (Å²) in [5.41, 5.74) is 0. The lowest BCUT2D eigenvalue weighted by Crippen LogP contribution is -2.45. The lowest BCUT2D eigenvalue weighted by Gasteiger charge is -2.26. The van der Waals surface area contributed by atoms with Gasteiger partial charge in [0.1, 0.15) is 0 Å². The molecule has 1 fully saturated rings. The maximum Gasteiger partial charge on any atom is 0.315 e. The van der Waals surface area contributed by atoms with Crippen LogP contribution in [-0.4, -0.2) is 29.7 Å². The lowest BCUT2D eigenvalue weighted by atomic mass is 9.93. The summed E-state index contributed by atoms with van der Waals surface area (Å²) >= 11 is 0. The van der Waals surface area contributed by atoms with E-state index in [0.717, 1.165) is 19.3 Å². The van der Waals surface area contributed by atoms with Crippen molar-refractivity contribution in [2.45, 2.75) is 51.5 Å². The van der Waals surface area contributed by atoms with Gasteiger partial charge in [-0.25, -0.2) is 4.79 Å². The number of rotatable bonds is 7. The molecule has 1 aliphatic carbocycles. The van der Waals surface area contributed by atoms with E-state index in [4.69, 9.17) is 5.11 Å². The Morgan fingerprint density at radius 2 is 2.06 bits per heavy atom. The van der Waals surface area contributed by atoms with Crippen molar-refractivity contribution in [2.24, 2.45) is 5.92 Å². The molecule has 2 amide bonds. The highest BCUT2D eigenvalue weighted by atomic mass is 16.4. The fourth-order valence-corrected chi connectivity index (χ4v) is 1.74. The van der Waals surface area contributed by atoms with Crippen molar-refractivity contribution in [1.82, 2.24) is 10.6 Å².